The van der Waals surface area contributed by atoms with E-state index in [0.717, 1.165) is 49.4 Å². The van der Waals surface area contributed by atoms with Gasteiger partial charge in [0.2, 0.25) is 0 Å². The molecular weight excluding hydrogens is 499 g/mol. The monoisotopic (exact) mass is 529 g/mol. The number of carbonyl (C=O) groups excluding carboxylic acids is 1. The fourth-order valence-corrected chi connectivity index (χ4v) is 5.67. The summed E-state index contributed by atoms with van der Waals surface area (Å²) in [4.78, 5) is 23.7. The maximum Gasteiger partial charge on any atom is 0.490 e. The summed E-state index contributed by atoms with van der Waals surface area (Å²) in [5.41, 5.74) is 2.25. The van der Waals surface area contributed by atoms with Crippen molar-refractivity contribution in [3.05, 3.63) is 40.6 Å². The highest BCUT2D eigenvalue weighted by molar-refractivity contribution is 7.08. The van der Waals surface area contributed by atoms with Crippen molar-refractivity contribution in [3.8, 4) is 11.5 Å². The average molecular weight is 530 g/mol. The van der Waals surface area contributed by atoms with Gasteiger partial charge in [0, 0.05) is 22.9 Å². The molecule has 4 rings (SSSR count). The summed E-state index contributed by atoms with van der Waals surface area (Å²) in [6.45, 7) is 1.06. The second-order valence-electron chi connectivity index (χ2n) is 8.86. The molecule has 0 radical (unpaired) electrons. The van der Waals surface area contributed by atoms with Crippen molar-refractivity contribution in [1.29, 1.82) is 0 Å². The third-order valence-corrected chi connectivity index (χ3v) is 7.53. The first kappa shape index (κ1) is 27.6. The van der Waals surface area contributed by atoms with Crippen LogP contribution in [0.25, 0.3) is 0 Å². The van der Waals surface area contributed by atoms with E-state index in [-0.39, 0.29) is 17.5 Å². The van der Waals surface area contributed by atoms with Gasteiger partial charge in [0.05, 0.1) is 19.9 Å². The Morgan fingerprint density at radius 3 is 2.44 bits per heavy atom. The second kappa shape index (κ2) is 11.4. The molecule has 1 aromatic carbocycles. The SMILES string of the molecule is COc1ccc(C23CCC(NC(=O)Nc4ccsc4)CC2N(C)CC3)cc1OC.O=C(O)C(F)(F)F. The third-order valence-electron chi connectivity index (χ3n) is 6.84. The van der Waals surface area contributed by atoms with Gasteiger partial charge in [0.25, 0.3) is 0 Å². The zero-order valence-electron chi connectivity index (χ0n) is 20.2. The number of amides is 2. The fourth-order valence-electron chi connectivity index (χ4n) is 5.08. The average Bonchev–Trinajstić information content (AvgIpc) is 3.46. The number of urea groups is 1. The molecule has 1 aliphatic heterocycles. The first-order valence-corrected chi connectivity index (χ1v) is 12.3. The van der Waals surface area contributed by atoms with Crippen LogP contribution in [0.3, 0.4) is 0 Å². The quantitative estimate of drug-likeness (QED) is 0.519. The van der Waals surface area contributed by atoms with Crippen molar-refractivity contribution < 1.29 is 37.3 Å². The van der Waals surface area contributed by atoms with Crippen molar-refractivity contribution in [2.24, 2.45) is 0 Å². The number of likely N-dealkylation sites (tertiary alicyclic amines) is 1. The van der Waals surface area contributed by atoms with E-state index in [9.17, 15) is 18.0 Å². The largest absolute Gasteiger partial charge is 0.493 e. The lowest BCUT2D eigenvalue weighted by Gasteiger charge is -2.45. The van der Waals surface area contributed by atoms with E-state index < -0.39 is 12.1 Å². The Bertz CT molecular complexity index is 1050. The number of hydrogen-bond acceptors (Lipinski definition) is 6. The predicted octanol–water partition coefficient (Wildman–Crippen LogP) is 4.71. The Morgan fingerprint density at radius 1 is 1.17 bits per heavy atom. The van der Waals surface area contributed by atoms with Crippen molar-refractivity contribution in [1.82, 2.24) is 10.2 Å². The molecule has 2 aliphatic rings. The summed E-state index contributed by atoms with van der Waals surface area (Å²) in [5, 5.41) is 17.1. The highest BCUT2D eigenvalue weighted by atomic mass is 32.1. The van der Waals surface area contributed by atoms with Gasteiger partial charge in [0.1, 0.15) is 0 Å². The Balaban J connectivity index is 0.000000454. The molecule has 2 aromatic rings. The number of alkyl halides is 3. The number of likely N-dealkylation sites (N-methyl/N-ethyl adjacent to an activating group) is 1. The van der Waals surface area contributed by atoms with Crippen LogP contribution in [0.15, 0.2) is 35.0 Å². The summed E-state index contributed by atoms with van der Waals surface area (Å²) in [6.07, 6.45) is -1.00. The van der Waals surface area contributed by atoms with E-state index >= 15 is 0 Å². The first-order valence-electron chi connectivity index (χ1n) is 11.3. The number of fused-ring (bicyclic) bond motifs is 1. The first-order chi connectivity index (χ1) is 17.0. The Labute approximate surface area is 211 Å². The number of benzene rings is 1. The molecule has 2 amide bonds. The van der Waals surface area contributed by atoms with Crippen LogP contribution in [0.5, 0.6) is 11.5 Å². The number of methoxy groups -OCH3 is 2. The van der Waals surface area contributed by atoms with Crippen LogP contribution < -0.4 is 20.1 Å². The molecule has 2 fully saturated rings. The number of anilines is 1. The number of aliphatic carboxylic acids is 1. The minimum Gasteiger partial charge on any atom is -0.493 e. The van der Waals surface area contributed by atoms with Crippen molar-refractivity contribution in [2.45, 2.75) is 49.4 Å². The van der Waals surface area contributed by atoms with E-state index in [2.05, 4.69) is 34.7 Å². The number of hydrogen-bond donors (Lipinski definition) is 3. The molecule has 1 aliphatic carbocycles. The lowest BCUT2D eigenvalue weighted by atomic mass is 9.65. The number of carboxylic acid groups (broad SMARTS) is 1. The number of rotatable bonds is 5. The fraction of sp³-hybridized carbons (Fsp3) is 0.500. The third kappa shape index (κ3) is 6.22. The molecule has 198 valence electrons. The van der Waals surface area contributed by atoms with Crippen LogP contribution in [-0.2, 0) is 10.2 Å². The van der Waals surface area contributed by atoms with E-state index in [1.807, 2.05) is 22.9 Å². The molecule has 3 atom stereocenters. The summed E-state index contributed by atoms with van der Waals surface area (Å²) in [5.74, 6) is -1.22. The number of carbonyl (C=O) groups is 2. The molecule has 36 heavy (non-hydrogen) atoms. The Morgan fingerprint density at radius 2 is 1.86 bits per heavy atom. The maximum atomic E-state index is 12.4. The number of nitrogens with one attached hydrogen (secondary N) is 2. The molecule has 1 saturated carbocycles. The van der Waals surface area contributed by atoms with Gasteiger partial charge in [-0.2, -0.15) is 24.5 Å². The van der Waals surface area contributed by atoms with E-state index in [0.29, 0.717) is 6.04 Å². The van der Waals surface area contributed by atoms with Crippen LogP contribution in [0.4, 0.5) is 23.7 Å². The van der Waals surface area contributed by atoms with Gasteiger partial charge in [0.15, 0.2) is 11.5 Å². The van der Waals surface area contributed by atoms with E-state index in [4.69, 9.17) is 19.4 Å². The molecule has 1 saturated heterocycles. The normalized spacial score (nSPS) is 23.6. The standard InChI is InChI=1S/C22H29N3O3S.C2HF3O2/c1-25-10-9-22(15-4-5-18(27-2)19(12-15)28-3)8-6-16(13-20(22)25)23-21(26)24-17-7-11-29-14-17;3-2(4,5)1(6)7/h4-5,7,11-12,14,16,20H,6,8-10,13H2,1-3H3,(H2,23,24,26);(H,6,7). The summed E-state index contributed by atoms with van der Waals surface area (Å²) in [6, 6.07) is 8.70. The summed E-state index contributed by atoms with van der Waals surface area (Å²) < 4.78 is 42.7. The van der Waals surface area contributed by atoms with Crippen LogP contribution in [0.2, 0.25) is 0 Å². The number of nitrogens with zero attached hydrogens (tertiary/aromatic N) is 1. The minimum atomic E-state index is -5.08. The molecule has 12 heteroatoms. The van der Waals surface area contributed by atoms with E-state index in [1.165, 1.54) is 5.56 Å². The zero-order chi connectivity index (χ0) is 26.5. The van der Waals surface area contributed by atoms with Crippen LogP contribution in [0, 0.1) is 0 Å². The van der Waals surface area contributed by atoms with E-state index in [1.54, 1.807) is 25.6 Å². The van der Waals surface area contributed by atoms with Crippen LogP contribution in [0.1, 0.15) is 31.2 Å². The van der Waals surface area contributed by atoms with Crippen LogP contribution in [-0.4, -0.2) is 68.1 Å². The molecule has 2 heterocycles. The van der Waals surface area contributed by atoms with Gasteiger partial charge >= 0.3 is 18.2 Å². The molecule has 0 spiro atoms. The van der Waals surface area contributed by atoms with Crippen molar-refractivity contribution in [2.75, 3.05) is 33.1 Å². The Kier molecular flexibility index (Phi) is 8.72. The van der Waals surface area contributed by atoms with Crippen molar-refractivity contribution >= 4 is 29.0 Å². The van der Waals surface area contributed by atoms with Gasteiger partial charge in [-0.3, -0.25) is 0 Å². The number of thiophene rings is 1. The predicted molar refractivity (Wildman–Crippen MR) is 130 cm³/mol. The second-order valence-corrected chi connectivity index (χ2v) is 9.64. The maximum absolute atomic E-state index is 12.4. The molecule has 1 aromatic heterocycles. The smallest absolute Gasteiger partial charge is 0.490 e. The topological polar surface area (TPSA) is 100 Å². The summed E-state index contributed by atoms with van der Waals surface area (Å²) in [7, 11) is 5.55. The number of ether oxygens (including phenoxy) is 2. The van der Waals surface area contributed by atoms with Gasteiger partial charge in [-0.1, -0.05) is 6.07 Å². The van der Waals surface area contributed by atoms with Crippen molar-refractivity contribution in [3.63, 3.8) is 0 Å². The minimum absolute atomic E-state index is 0.0936. The van der Waals surface area contributed by atoms with Gasteiger partial charge < -0.3 is 30.1 Å². The number of carboxylic acids is 1. The molecule has 8 nitrogen and oxygen atoms in total. The van der Waals surface area contributed by atoms with Gasteiger partial charge in [-0.25, -0.2) is 9.59 Å². The molecule has 0 bridgehead atoms. The van der Waals surface area contributed by atoms with Gasteiger partial charge in [-0.15, -0.1) is 0 Å². The molecule has 3 unspecified atom stereocenters. The highest BCUT2D eigenvalue weighted by Gasteiger charge is 2.50. The zero-order valence-corrected chi connectivity index (χ0v) is 21.0. The summed E-state index contributed by atoms with van der Waals surface area (Å²) >= 11 is 1.57. The molecular formula is C24H30F3N3O5S. The van der Waals surface area contributed by atoms with Gasteiger partial charge in [-0.05, 0) is 68.4 Å². The molecule has 3 N–H and O–H groups in total. The number of halogens is 3. The highest BCUT2D eigenvalue weighted by Crippen LogP contribution is 2.49. The lowest BCUT2D eigenvalue weighted by molar-refractivity contribution is -0.192. The Hall–Kier alpha value is -2.99. The lowest BCUT2D eigenvalue weighted by Crippen LogP contribution is -2.52. The van der Waals surface area contributed by atoms with Crippen LogP contribution >= 0.6 is 11.3 Å².